The van der Waals surface area contributed by atoms with E-state index in [0.717, 1.165) is 30.2 Å². The molecule has 110 valence electrons. The van der Waals surface area contributed by atoms with Gasteiger partial charge in [-0.1, -0.05) is 23.7 Å². The Bertz CT molecular complexity index is 626. The van der Waals surface area contributed by atoms with E-state index in [1.165, 1.54) is 5.56 Å². The largest absolute Gasteiger partial charge is 0.497 e. The molecule has 4 nitrogen and oxygen atoms in total. The van der Waals surface area contributed by atoms with Gasteiger partial charge in [0, 0.05) is 18.0 Å². The number of benzene rings is 1. The highest BCUT2D eigenvalue weighted by Gasteiger charge is 2.27. The predicted octanol–water partition coefficient (Wildman–Crippen LogP) is 4.19. The van der Waals surface area contributed by atoms with E-state index in [2.05, 4.69) is 22.2 Å². The van der Waals surface area contributed by atoms with Gasteiger partial charge in [0.1, 0.15) is 22.5 Å². The summed E-state index contributed by atoms with van der Waals surface area (Å²) in [6.07, 6.45) is 2.32. The molecule has 5 heteroatoms. The summed E-state index contributed by atoms with van der Waals surface area (Å²) in [6, 6.07) is 9.90. The van der Waals surface area contributed by atoms with Gasteiger partial charge in [-0.05, 0) is 37.5 Å². The van der Waals surface area contributed by atoms with Gasteiger partial charge >= 0.3 is 0 Å². The molecule has 1 heterocycles. The van der Waals surface area contributed by atoms with E-state index < -0.39 is 0 Å². The van der Waals surface area contributed by atoms with Crippen molar-refractivity contribution in [3.05, 3.63) is 46.9 Å². The van der Waals surface area contributed by atoms with Crippen LogP contribution in [0.1, 0.15) is 43.1 Å². The first kappa shape index (κ1) is 14.1. The van der Waals surface area contributed by atoms with E-state index in [9.17, 15) is 0 Å². The zero-order chi connectivity index (χ0) is 14.8. The molecule has 0 radical (unpaired) electrons. The van der Waals surface area contributed by atoms with Gasteiger partial charge in [-0.25, -0.2) is 9.97 Å². The van der Waals surface area contributed by atoms with Gasteiger partial charge in [0.25, 0.3) is 0 Å². The fourth-order valence-electron chi connectivity index (χ4n) is 2.23. The minimum Gasteiger partial charge on any atom is -0.497 e. The number of anilines is 1. The molecule has 1 atom stereocenters. The molecule has 0 saturated heterocycles. The van der Waals surface area contributed by atoms with Crippen molar-refractivity contribution in [1.82, 2.24) is 9.97 Å². The van der Waals surface area contributed by atoms with Crippen LogP contribution in [0.4, 0.5) is 5.82 Å². The molecule has 0 spiro atoms. The van der Waals surface area contributed by atoms with Gasteiger partial charge in [-0.2, -0.15) is 0 Å². The molecule has 1 aliphatic rings. The summed E-state index contributed by atoms with van der Waals surface area (Å²) >= 11 is 6.08. The Kier molecular flexibility index (Phi) is 3.97. The van der Waals surface area contributed by atoms with Crippen LogP contribution in [-0.4, -0.2) is 17.1 Å². The highest BCUT2D eigenvalue weighted by molar-refractivity contribution is 6.29. The van der Waals surface area contributed by atoms with E-state index >= 15 is 0 Å². The summed E-state index contributed by atoms with van der Waals surface area (Å²) in [5.74, 6) is 2.97. The standard InChI is InChI=1S/C16H18ClN3O/c1-10(11-5-7-13(21-2)8-6-11)18-15-9-14(17)19-16(20-15)12-3-4-12/h5-10,12H,3-4H2,1-2H3,(H,18,19,20). The average molecular weight is 304 g/mol. The highest BCUT2D eigenvalue weighted by atomic mass is 35.5. The van der Waals surface area contributed by atoms with E-state index in [-0.39, 0.29) is 6.04 Å². The molecule has 2 aromatic rings. The van der Waals surface area contributed by atoms with Crippen molar-refractivity contribution in [2.24, 2.45) is 0 Å². The maximum absolute atomic E-state index is 6.08. The Morgan fingerprint density at radius 3 is 2.57 bits per heavy atom. The fourth-order valence-corrected chi connectivity index (χ4v) is 2.42. The monoisotopic (exact) mass is 303 g/mol. The van der Waals surface area contributed by atoms with Crippen LogP contribution in [0.5, 0.6) is 5.75 Å². The van der Waals surface area contributed by atoms with E-state index in [1.54, 1.807) is 13.2 Å². The Morgan fingerprint density at radius 2 is 1.95 bits per heavy atom. The number of hydrogen-bond donors (Lipinski definition) is 1. The topological polar surface area (TPSA) is 47.0 Å². The minimum atomic E-state index is 0.133. The predicted molar refractivity (Wildman–Crippen MR) is 84.0 cm³/mol. The second kappa shape index (κ2) is 5.90. The minimum absolute atomic E-state index is 0.133. The molecule has 21 heavy (non-hydrogen) atoms. The Labute approximate surface area is 129 Å². The molecule has 1 aromatic carbocycles. The highest BCUT2D eigenvalue weighted by Crippen LogP contribution is 2.39. The summed E-state index contributed by atoms with van der Waals surface area (Å²) in [6.45, 7) is 2.09. The number of methoxy groups -OCH3 is 1. The molecule has 3 rings (SSSR count). The van der Waals surface area contributed by atoms with E-state index in [4.69, 9.17) is 16.3 Å². The molecular formula is C16H18ClN3O. The summed E-state index contributed by atoms with van der Waals surface area (Å²) < 4.78 is 5.17. The third-order valence-electron chi connectivity index (χ3n) is 3.63. The molecule has 0 amide bonds. The summed E-state index contributed by atoms with van der Waals surface area (Å²) in [5, 5.41) is 3.88. The van der Waals surface area contributed by atoms with Crippen molar-refractivity contribution in [1.29, 1.82) is 0 Å². The van der Waals surface area contributed by atoms with Gasteiger partial charge in [0.05, 0.1) is 7.11 Å². The molecule has 1 aromatic heterocycles. The number of nitrogens with zero attached hydrogens (tertiary/aromatic N) is 2. The molecule has 1 N–H and O–H groups in total. The number of nitrogens with one attached hydrogen (secondary N) is 1. The summed E-state index contributed by atoms with van der Waals surface area (Å²) in [7, 11) is 1.67. The molecule has 1 aliphatic carbocycles. The van der Waals surface area contributed by atoms with Crippen LogP contribution in [0.25, 0.3) is 0 Å². The van der Waals surface area contributed by atoms with Crippen LogP contribution in [0.15, 0.2) is 30.3 Å². The molecular weight excluding hydrogens is 286 g/mol. The lowest BCUT2D eigenvalue weighted by atomic mass is 10.1. The van der Waals surface area contributed by atoms with Crippen molar-refractivity contribution in [2.75, 3.05) is 12.4 Å². The molecule has 0 aliphatic heterocycles. The van der Waals surface area contributed by atoms with Crippen LogP contribution in [0.2, 0.25) is 5.15 Å². The maximum atomic E-state index is 6.08. The molecule has 1 saturated carbocycles. The maximum Gasteiger partial charge on any atom is 0.135 e. The van der Waals surface area contributed by atoms with Gasteiger partial charge in [-0.15, -0.1) is 0 Å². The molecule has 0 bridgehead atoms. The van der Waals surface area contributed by atoms with E-state index in [0.29, 0.717) is 11.1 Å². The number of aromatic nitrogens is 2. The van der Waals surface area contributed by atoms with Crippen molar-refractivity contribution in [3.8, 4) is 5.75 Å². The Morgan fingerprint density at radius 1 is 1.24 bits per heavy atom. The quantitative estimate of drug-likeness (QED) is 0.841. The SMILES string of the molecule is COc1ccc(C(C)Nc2cc(Cl)nc(C3CC3)n2)cc1. The van der Waals surface area contributed by atoms with Gasteiger partial charge in [-0.3, -0.25) is 0 Å². The third kappa shape index (κ3) is 3.45. The van der Waals surface area contributed by atoms with Crippen LogP contribution in [0, 0.1) is 0 Å². The second-order valence-corrected chi connectivity index (χ2v) is 5.73. The molecule has 1 unspecified atom stereocenters. The fraction of sp³-hybridized carbons (Fsp3) is 0.375. The third-order valence-corrected chi connectivity index (χ3v) is 3.83. The first-order valence-electron chi connectivity index (χ1n) is 7.10. The lowest BCUT2D eigenvalue weighted by molar-refractivity contribution is 0.414. The van der Waals surface area contributed by atoms with Crippen molar-refractivity contribution < 1.29 is 4.74 Å². The van der Waals surface area contributed by atoms with Gasteiger partial charge < -0.3 is 10.1 Å². The number of ether oxygens (including phenoxy) is 1. The summed E-state index contributed by atoms with van der Waals surface area (Å²) in [4.78, 5) is 8.86. The van der Waals surface area contributed by atoms with Crippen LogP contribution in [0.3, 0.4) is 0 Å². The zero-order valence-corrected chi connectivity index (χ0v) is 12.9. The normalized spacial score (nSPS) is 15.6. The lowest BCUT2D eigenvalue weighted by Crippen LogP contribution is -2.09. The van der Waals surface area contributed by atoms with Crippen molar-refractivity contribution >= 4 is 17.4 Å². The lowest BCUT2D eigenvalue weighted by Gasteiger charge is -2.16. The molecule has 1 fully saturated rings. The van der Waals surface area contributed by atoms with Crippen molar-refractivity contribution in [2.45, 2.75) is 31.7 Å². The van der Waals surface area contributed by atoms with Crippen molar-refractivity contribution in [3.63, 3.8) is 0 Å². The van der Waals surface area contributed by atoms with Crippen LogP contribution >= 0.6 is 11.6 Å². The number of hydrogen-bond acceptors (Lipinski definition) is 4. The summed E-state index contributed by atoms with van der Waals surface area (Å²) in [5.41, 5.74) is 1.17. The Hall–Kier alpha value is -1.81. The van der Waals surface area contributed by atoms with E-state index in [1.807, 2.05) is 24.3 Å². The first-order chi connectivity index (χ1) is 10.2. The Balaban J connectivity index is 1.75. The smallest absolute Gasteiger partial charge is 0.135 e. The number of rotatable bonds is 5. The second-order valence-electron chi connectivity index (χ2n) is 5.35. The first-order valence-corrected chi connectivity index (χ1v) is 7.48. The number of halogens is 1. The van der Waals surface area contributed by atoms with Gasteiger partial charge in [0.15, 0.2) is 0 Å². The van der Waals surface area contributed by atoms with Gasteiger partial charge in [0.2, 0.25) is 0 Å². The van der Waals surface area contributed by atoms with Crippen LogP contribution < -0.4 is 10.1 Å². The average Bonchev–Trinajstić information content (AvgIpc) is 3.31. The zero-order valence-electron chi connectivity index (χ0n) is 12.1. The van der Waals surface area contributed by atoms with Crippen LogP contribution in [-0.2, 0) is 0 Å².